The molecule has 1 fully saturated rings. The van der Waals surface area contributed by atoms with Crippen molar-refractivity contribution in [3.8, 4) is 5.75 Å². The third kappa shape index (κ3) is 5.01. The average Bonchev–Trinajstić information content (AvgIpc) is 2.70. The molecule has 1 aliphatic rings. The number of halogens is 1. The molecule has 3 rings (SSSR count). The number of methoxy groups -OCH3 is 1. The second-order valence-corrected chi connectivity index (χ2v) is 7.09. The predicted octanol–water partition coefficient (Wildman–Crippen LogP) is 4.66. The van der Waals surface area contributed by atoms with E-state index in [0.29, 0.717) is 27.6 Å². The average molecular weight is 387 g/mol. The van der Waals surface area contributed by atoms with Gasteiger partial charge in [-0.1, -0.05) is 30.9 Å². The molecule has 2 amide bonds. The van der Waals surface area contributed by atoms with Crippen LogP contribution in [0.2, 0.25) is 5.02 Å². The van der Waals surface area contributed by atoms with Crippen molar-refractivity contribution in [2.75, 3.05) is 12.4 Å². The SMILES string of the molecule is COc1ccc(C(=O)Nc2ccc(Cl)c(C(=O)NC3CCCCC3)c2)cc1. The smallest absolute Gasteiger partial charge is 0.255 e. The number of nitrogens with one attached hydrogen (secondary N) is 2. The molecule has 0 spiro atoms. The zero-order valence-corrected chi connectivity index (χ0v) is 16.0. The minimum Gasteiger partial charge on any atom is -0.497 e. The van der Waals surface area contributed by atoms with Gasteiger partial charge in [-0.3, -0.25) is 9.59 Å². The molecule has 0 aliphatic heterocycles. The highest BCUT2D eigenvalue weighted by Gasteiger charge is 2.19. The minimum atomic E-state index is -0.265. The molecule has 0 atom stereocenters. The molecule has 1 aliphatic carbocycles. The van der Waals surface area contributed by atoms with Gasteiger partial charge in [-0.25, -0.2) is 0 Å². The molecule has 0 unspecified atom stereocenters. The molecule has 2 N–H and O–H groups in total. The van der Waals surface area contributed by atoms with Crippen LogP contribution in [0.15, 0.2) is 42.5 Å². The first-order chi connectivity index (χ1) is 13.1. The Bertz CT molecular complexity index is 815. The summed E-state index contributed by atoms with van der Waals surface area (Å²) in [7, 11) is 1.57. The number of benzene rings is 2. The quantitative estimate of drug-likeness (QED) is 0.785. The third-order valence-corrected chi connectivity index (χ3v) is 5.09. The van der Waals surface area contributed by atoms with Gasteiger partial charge in [0.15, 0.2) is 0 Å². The van der Waals surface area contributed by atoms with Crippen molar-refractivity contribution < 1.29 is 14.3 Å². The molecule has 2 aromatic rings. The van der Waals surface area contributed by atoms with E-state index in [1.54, 1.807) is 49.6 Å². The monoisotopic (exact) mass is 386 g/mol. The maximum absolute atomic E-state index is 12.6. The van der Waals surface area contributed by atoms with E-state index < -0.39 is 0 Å². The molecule has 142 valence electrons. The van der Waals surface area contributed by atoms with Crippen LogP contribution < -0.4 is 15.4 Å². The molecular weight excluding hydrogens is 364 g/mol. The van der Waals surface area contributed by atoms with E-state index in [1.165, 1.54) is 6.42 Å². The fourth-order valence-corrected chi connectivity index (χ4v) is 3.44. The number of carbonyl (C=O) groups excluding carboxylic acids is 2. The van der Waals surface area contributed by atoms with Gasteiger partial charge < -0.3 is 15.4 Å². The standard InChI is InChI=1S/C21H23ClN2O3/c1-27-17-10-7-14(8-11-17)20(25)24-16-9-12-19(22)18(13-16)21(26)23-15-5-3-2-4-6-15/h7-13,15H,2-6H2,1H3,(H,23,26)(H,24,25). The minimum absolute atomic E-state index is 0.194. The first kappa shape index (κ1) is 19.2. The second kappa shape index (κ2) is 8.91. The van der Waals surface area contributed by atoms with E-state index in [9.17, 15) is 9.59 Å². The van der Waals surface area contributed by atoms with Crippen LogP contribution in [0.4, 0.5) is 5.69 Å². The molecule has 0 aromatic heterocycles. The van der Waals surface area contributed by atoms with Gasteiger partial charge in [0.1, 0.15) is 5.75 Å². The van der Waals surface area contributed by atoms with Crippen LogP contribution in [0.3, 0.4) is 0 Å². The summed E-state index contributed by atoms with van der Waals surface area (Å²) in [6.45, 7) is 0. The van der Waals surface area contributed by atoms with Crippen molar-refractivity contribution in [3.05, 3.63) is 58.6 Å². The van der Waals surface area contributed by atoms with Gasteiger partial charge in [-0.15, -0.1) is 0 Å². The van der Waals surface area contributed by atoms with Crippen molar-refractivity contribution in [2.45, 2.75) is 38.1 Å². The van der Waals surface area contributed by atoms with Gasteiger partial charge in [0.25, 0.3) is 11.8 Å². The lowest BCUT2D eigenvalue weighted by molar-refractivity contribution is 0.0926. The summed E-state index contributed by atoms with van der Waals surface area (Å²) in [5, 5.41) is 6.22. The number of amides is 2. The van der Waals surface area contributed by atoms with E-state index in [-0.39, 0.29) is 17.9 Å². The first-order valence-electron chi connectivity index (χ1n) is 9.12. The van der Waals surface area contributed by atoms with E-state index in [4.69, 9.17) is 16.3 Å². The van der Waals surface area contributed by atoms with Crippen molar-refractivity contribution in [1.29, 1.82) is 0 Å². The second-order valence-electron chi connectivity index (χ2n) is 6.69. The number of hydrogen-bond donors (Lipinski definition) is 2. The fraction of sp³-hybridized carbons (Fsp3) is 0.333. The van der Waals surface area contributed by atoms with Crippen LogP contribution in [0.5, 0.6) is 5.75 Å². The normalized spacial score (nSPS) is 14.4. The predicted molar refractivity (Wildman–Crippen MR) is 107 cm³/mol. The zero-order chi connectivity index (χ0) is 19.2. The number of hydrogen-bond acceptors (Lipinski definition) is 3. The summed E-state index contributed by atoms with van der Waals surface area (Å²) < 4.78 is 5.09. The number of ether oxygens (including phenoxy) is 1. The lowest BCUT2D eigenvalue weighted by Crippen LogP contribution is -2.36. The number of rotatable bonds is 5. The van der Waals surface area contributed by atoms with Gasteiger partial charge in [-0.2, -0.15) is 0 Å². The molecule has 0 saturated heterocycles. The van der Waals surface area contributed by atoms with Crippen LogP contribution >= 0.6 is 11.6 Å². The van der Waals surface area contributed by atoms with Crippen LogP contribution in [0.1, 0.15) is 52.8 Å². The van der Waals surface area contributed by atoms with Gasteiger partial charge in [0.2, 0.25) is 0 Å². The lowest BCUT2D eigenvalue weighted by Gasteiger charge is -2.23. The Balaban J connectivity index is 1.70. The Morgan fingerprint density at radius 1 is 1.00 bits per heavy atom. The molecule has 6 heteroatoms. The third-order valence-electron chi connectivity index (χ3n) is 4.76. The highest BCUT2D eigenvalue weighted by Crippen LogP contribution is 2.23. The lowest BCUT2D eigenvalue weighted by atomic mass is 9.95. The fourth-order valence-electron chi connectivity index (χ4n) is 3.23. The maximum atomic E-state index is 12.6. The molecule has 27 heavy (non-hydrogen) atoms. The topological polar surface area (TPSA) is 67.4 Å². The molecule has 1 saturated carbocycles. The van der Waals surface area contributed by atoms with Gasteiger partial charge in [0, 0.05) is 17.3 Å². The van der Waals surface area contributed by atoms with E-state index in [1.807, 2.05) is 0 Å². The van der Waals surface area contributed by atoms with Crippen molar-refractivity contribution in [1.82, 2.24) is 5.32 Å². The highest BCUT2D eigenvalue weighted by molar-refractivity contribution is 6.34. The van der Waals surface area contributed by atoms with Gasteiger partial charge in [0.05, 0.1) is 17.7 Å². The molecule has 5 nitrogen and oxygen atoms in total. The molecule has 0 heterocycles. The summed E-state index contributed by atoms with van der Waals surface area (Å²) in [6, 6.07) is 11.9. The number of anilines is 1. The Kier molecular flexibility index (Phi) is 6.35. The summed E-state index contributed by atoms with van der Waals surface area (Å²) in [4.78, 5) is 25.0. The van der Waals surface area contributed by atoms with Crippen molar-refractivity contribution >= 4 is 29.1 Å². The number of carbonyl (C=O) groups is 2. The maximum Gasteiger partial charge on any atom is 0.255 e. The molecule has 0 bridgehead atoms. The van der Waals surface area contributed by atoms with E-state index in [0.717, 1.165) is 25.7 Å². The Hall–Kier alpha value is -2.53. The van der Waals surface area contributed by atoms with Crippen LogP contribution in [-0.2, 0) is 0 Å². The summed E-state index contributed by atoms with van der Waals surface area (Å²) in [5.74, 6) is 0.214. The Morgan fingerprint density at radius 3 is 2.37 bits per heavy atom. The highest BCUT2D eigenvalue weighted by atomic mass is 35.5. The largest absolute Gasteiger partial charge is 0.497 e. The van der Waals surface area contributed by atoms with Crippen molar-refractivity contribution in [3.63, 3.8) is 0 Å². The van der Waals surface area contributed by atoms with E-state index in [2.05, 4.69) is 10.6 Å². The van der Waals surface area contributed by atoms with Gasteiger partial charge in [-0.05, 0) is 55.3 Å². The van der Waals surface area contributed by atoms with Gasteiger partial charge >= 0.3 is 0 Å². The first-order valence-corrected chi connectivity index (χ1v) is 9.50. The summed E-state index contributed by atoms with van der Waals surface area (Å²) in [6.07, 6.45) is 5.49. The molecule has 2 aromatic carbocycles. The van der Waals surface area contributed by atoms with Crippen LogP contribution in [0.25, 0.3) is 0 Å². The summed E-state index contributed by atoms with van der Waals surface area (Å²) in [5.41, 5.74) is 1.39. The van der Waals surface area contributed by atoms with Crippen LogP contribution in [-0.4, -0.2) is 25.0 Å². The molecular formula is C21H23ClN2O3. The Morgan fingerprint density at radius 2 is 1.70 bits per heavy atom. The summed E-state index contributed by atoms with van der Waals surface area (Å²) >= 11 is 6.21. The van der Waals surface area contributed by atoms with E-state index >= 15 is 0 Å². The van der Waals surface area contributed by atoms with Crippen molar-refractivity contribution in [2.24, 2.45) is 0 Å². The molecule has 0 radical (unpaired) electrons. The Labute approximate surface area is 164 Å². The van der Waals surface area contributed by atoms with Crippen LogP contribution in [0, 0.1) is 0 Å². The zero-order valence-electron chi connectivity index (χ0n) is 15.3.